The molecule has 0 radical (unpaired) electrons. The molecule has 2 rings (SSSR count). The van der Waals surface area contributed by atoms with E-state index in [1.54, 1.807) is 0 Å². The number of hydrogen-bond acceptors (Lipinski definition) is 2. The molecule has 0 aromatic heterocycles. The third kappa shape index (κ3) is 2.71. The standard InChI is InChI=1S/C12H24N2/c1-12(14-10-2-3-11-14)6-4-7-13-8-5-9-13/h12H,2-11H2,1H3. The van der Waals surface area contributed by atoms with E-state index in [4.69, 9.17) is 0 Å². The Morgan fingerprint density at radius 1 is 1.00 bits per heavy atom. The molecule has 2 aliphatic heterocycles. The summed E-state index contributed by atoms with van der Waals surface area (Å²) >= 11 is 0. The second-order valence-electron chi connectivity index (χ2n) is 4.93. The molecule has 2 heterocycles. The minimum absolute atomic E-state index is 0.832. The Balaban J connectivity index is 1.54. The van der Waals surface area contributed by atoms with Crippen LogP contribution in [0, 0.1) is 0 Å². The number of likely N-dealkylation sites (tertiary alicyclic amines) is 2. The Morgan fingerprint density at radius 2 is 1.71 bits per heavy atom. The molecule has 0 aliphatic carbocycles. The molecule has 1 unspecified atom stereocenters. The van der Waals surface area contributed by atoms with Gasteiger partial charge in [0.05, 0.1) is 0 Å². The molecule has 2 aliphatic rings. The van der Waals surface area contributed by atoms with E-state index in [9.17, 15) is 0 Å². The largest absolute Gasteiger partial charge is 0.303 e. The highest BCUT2D eigenvalue weighted by Crippen LogP contribution is 2.15. The van der Waals surface area contributed by atoms with Crippen LogP contribution in [0.4, 0.5) is 0 Å². The molecule has 0 spiro atoms. The van der Waals surface area contributed by atoms with Crippen LogP contribution in [0.25, 0.3) is 0 Å². The Bertz CT molecular complexity index is 160. The van der Waals surface area contributed by atoms with Crippen molar-refractivity contribution >= 4 is 0 Å². The zero-order chi connectivity index (χ0) is 9.80. The molecule has 0 bridgehead atoms. The molecule has 0 aromatic carbocycles. The lowest BCUT2D eigenvalue weighted by molar-refractivity contribution is 0.166. The molecule has 0 aromatic rings. The molecule has 14 heavy (non-hydrogen) atoms. The predicted octanol–water partition coefficient (Wildman–Crippen LogP) is 1.96. The summed E-state index contributed by atoms with van der Waals surface area (Å²) in [5.41, 5.74) is 0. The molecular formula is C12H24N2. The molecular weight excluding hydrogens is 172 g/mol. The zero-order valence-corrected chi connectivity index (χ0v) is 9.54. The summed E-state index contributed by atoms with van der Waals surface area (Å²) in [5.74, 6) is 0. The summed E-state index contributed by atoms with van der Waals surface area (Å²) in [5, 5.41) is 0. The first-order valence-corrected chi connectivity index (χ1v) is 6.32. The summed E-state index contributed by atoms with van der Waals surface area (Å²) in [6.45, 7) is 9.17. The van der Waals surface area contributed by atoms with E-state index in [1.807, 2.05) is 0 Å². The van der Waals surface area contributed by atoms with Crippen LogP contribution in [0.3, 0.4) is 0 Å². The van der Waals surface area contributed by atoms with Crippen LogP contribution in [0.5, 0.6) is 0 Å². The first-order chi connectivity index (χ1) is 6.86. The Kier molecular flexibility index (Phi) is 3.82. The molecule has 1 atom stereocenters. The normalized spacial score (nSPS) is 26.4. The van der Waals surface area contributed by atoms with Gasteiger partial charge in [0.25, 0.3) is 0 Å². The fourth-order valence-corrected chi connectivity index (χ4v) is 2.58. The summed E-state index contributed by atoms with van der Waals surface area (Å²) < 4.78 is 0. The maximum absolute atomic E-state index is 2.66. The Morgan fingerprint density at radius 3 is 2.29 bits per heavy atom. The molecule has 2 fully saturated rings. The third-order valence-electron chi connectivity index (χ3n) is 3.81. The van der Waals surface area contributed by atoms with Crippen LogP contribution < -0.4 is 0 Å². The van der Waals surface area contributed by atoms with Crippen molar-refractivity contribution in [1.82, 2.24) is 9.80 Å². The smallest absolute Gasteiger partial charge is 0.00674 e. The molecule has 82 valence electrons. The van der Waals surface area contributed by atoms with Crippen molar-refractivity contribution in [3.63, 3.8) is 0 Å². The van der Waals surface area contributed by atoms with Gasteiger partial charge in [0.1, 0.15) is 0 Å². The van der Waals surface area contributed by atoms with Crippen LogP contribution in [0.15, 0.2) is 0 Å². The minimum Gasteiger partial charge on any atom is -0.303 e. The zero-order valence-electron chi connectivity index (χ0n) is 9.54. The van der Waals surface area contributed by atoms with E-state index in [2.05, 4.69) is 16.7 Å². The molecule has 2 saturated heterocycles. The number of hydrogen-bond donors (Lipinski definition) is 0. The second kappa shape index (κ2) is 5.13. The van der Waals surface area contributed by atoms with E-state index in [0.717, 1.165) is 6.04 Å². The lowest BCUT2D eigenvalue weighted by Gasteiger charge is -2.31. The average molecular weight is 196 g/mol. The molecule has 2 nitrogen and oxygen atoms in total. The highest BCUT2D eigenvalue weighted by atomic mass is 15.2. The van der Waals surface area contributed by atoms with Crippen molar-refractivity contribution in [2.75, 3.05) is 32.7 Å². The van der Waals surface area contributed by atoms with Gasteiger partial charge >= 0.3 is 0 Å². The SMILES string of the molecule is CC(CCCN1CCC1)N1CCCC1. The van der Waals surface area contributed by atoms with Gasteiger partial charge in [0.15, 0.2) is 0 Å². The predicted molar refractivity (Wildman–Crippen MR) is 60.6 cm³/mol. The van der Waals surface area contributed by atoms with Gasteiger partial charge in [0, 0.05) is 6.04 Å². The highest BCUT2D eigenvalue weighted by molar-refractivity contribution is 4.74. The van der Waals surface area contributed by atoms with Crippen LogP contribution in [-0.2, 0) is 0 Å². The van der Waals surface area contributed by atoms with Crippen molar-refractivity contribution in [3.8, 4) is 0 Å². The van der Waals surface area contributed by atoms with Gasteiger partial charge in [-0.05, 0) is 71.8 Å². The van der Waals surface area contributed by atoms with Crippen LogP contribution in [0.2, 0.25) is 0 Å². The van der Waals surface area contributed by atoms with Crippen LogP contribution in [0.1, 0.15) is 39.0 Å². The van der Waals surface area contributed by atoms with E-state index < -0.39 is 0 Å². The van der Waals surface area contributed by atoms with Gasteiger partial charge in [-0.3, -0.25) is 0 Å². The lowest BCUT2D eigenvalue weighted by atomic mass is 10.1. The Labute approximate surface area is 88.3 Å². The summed E-state index contributed by atoms with van der Waals surface area (Å²) in [6.07, 6.45) is 7.09. The molecule has 0 saturated carbocycles. The second-order valence-corrected chi connectivity index (χ2v) is 4.93. The van der Waals surface area contributed by atoms with Gasteiger partial charge in [-0.2, -0.15) is 0 Å². The minimum atomic E-state index is 0.832. The van der Waals surface area contributed by atoms with E-state index in [-0.39, 0.29) is 0 Å². The fraction of sp³-hybridized carbons (Fsp3) is 1.00. The van der Waals surface area contributed by atoms with Crippen molar-refractivity contribution < 1.29 is 0 Å². The summed E-state index contributed by atoms with van der Waals surface area (Å²) in [7, 11) is 0. The van der Waals surface area contributed by atoms with E-state index >= 15 is 0 Å². The maximum Gasteiger partial charge on any atom is 0.00674 e. The summed E-state index contributed by atoms with van der Waals surface area (Å²) in [6, 6.07) is 0.832. The van der Waals surface area contributed by atoms with Crippen molar-refractivity contribution in [3.05, 3.63) is 0 Å². The Hall–Kier alpha value is -0.0800. The van der Waals surface area contributed by atoms with Crippen molar-refractivity contribution in [2.45, 2.75) is 45.1 Å². The van der Waals surface area contributed by atoms with E-state index in [0.29, 0.717) is 0 Å². The number of rotatable bonds is 5. The first kappa shape index (κ1) is 10.4. The lowest BCUT2D eigenvalue weighted by Crippen LogP contribution is -2.38. The first-order valence-electron chi connectivity index (χ1n) is 6.32. The molecule has 0 N–H and O–H groups in total. The highest BCUT2D eigenvalue weighted by Gasteiger charge is 2.18. The van der Waals surface area contributed by atoms with Crippen LogP contribution in [-0.4, -0.2) is 48.6 Å². The van der Waals surface area contributed by atoms with Gasteiger partial charge in [-0.15, -0.1) is 0 Å². The maximum atomic E-state index is 2.66. The van der Waals surface area contributed by atoms with E-state index in [1.165, 1.54) is 64.8 Å². The number of nitrogens with zero attached hydrogens (tertiary/aromatic N) is 2. The molecule has 2 heteroatoms. The summed E-state index contributed by atoms with van der Waals surface area (Å²) in [4.78, 5) is 5.24. The van der Waals surface area contributed by atoms with Crippen molar-refractivity contribution in [1.29, 1.82) is 0 Å². The quantitative estimate of drug-likeness (QED) is 0.663. The third-order valence-corrected chi connectivity index (χ3v) is 3.81. The monoisotopic (exact) mass is 196 g/mol. The van der Waals surface area contributed by atoms with Gasteiger partial charge in [-0.1, -0.05) is 0 Å². The fourth-order valence-electron chi connectivity index (χ4n) is 2.58. The van der Waals surface area contributed by atoms with Gasteiger partial charge < -0.3 is 9.80 Å². The van der Waals surface area contributed by atoms with Gasteiger partial charge in [0.2, 0.25) is 0 Å². The van der Waals surface area contributed by atoms with Crippen LogP contribution >= 0.6 is 0 Å². The van der Waals surface area contributed by atoms with Crippen molar-refractivity contribution in [2.24, 2.45) is 0 Å². The average Bonchev–Trinajstić information content (AvgIpc) is 2.61. The van der Waals surface area contributed by atoms with Gasteiger partial charge in [-0.25, -0.2) is 0 Å². The molecule has 0 amide bonds. The topological polar surface area (TPSA) is 6.48 Å².